The second-order valence-corrected chi connectivity index (χ2v) is 4.99. The minimum absolute atomic E-state index is 0.230. The fourth-order valence-corrected chi connectivity index (χ4v) is 2.67. The molecule has 108 valence electrons. The van der Waals surface area contributed by atoms with Gasteiger partial charge in [0.1, 0.15) is 0 Å². The number of likely N-dealkylation sites (N-methyl/N-ethyl adjacent to an activating group) is 1. The molecule has 1 heterocycles. The van der Waals surface area contributed by atoms with Crippen molar-refractivity contribution in [3.05, 3.63) is 35.4 Å². The number of amides is 2. The summed E-state index contributed by atoms with van der Waals surface area (Å²) in [6.07, 6.45) is 0. The number of aryl methyl sites for hydroxylation is 1. The second kappa shape index (κ2) is 6.05. The van der Waals surface area contributed by atoms with Crippen LogP contribution in [-0.2, 0) is 9.59 Å². The van der Waals surface area contributed by atoms with Gasteiger partial charge in [-0.3, -0.25) is 9.59 Å². The molecule has 1 aromatic carbocycles. The Balaban J connectivity index is 2.27. The smallest absolute Gasteiger partial charge is 0.312 e. The standard InChI is InChI=1S/C15H21N3O2/c1-3-17-8-9-18(15(20)14(17)19)13(10-16)12-7-5-4-6-11(12)2/h4-7,13H,3,8-10,16H2,1-2H3. The highest BCUT2D eigenvalue weighted by Crippen LogP contribution is 2.24. The number of nitrogens with two attached hydrogens (primary N) is 1. The number of hydrogen-bond donors (Lipinski definition) is 1. The Morgan fingerprint density at radius 3 is 2.50 bits per heavy atom. The summed E-state index contributed by atoms with van der Waals surface area (Å²) >= 11 is 0. The number of hydrogen-bond acceptors (Lipinski definition) is 3. The number of benzene rings is 1. The maximum absolute atomic E-state index is 12.3. The first-order chi connectivity index (χ1) is 9.60. The van der Waals surface area contributed by atoms with E-state index in [4.69, 9.17) is 5.73 Å². The summed E-state index contributed by atoms with van der Waals surface area (Å²) in [5, 5.41) is 0. The van der Waals surface area contributed by atoms with Gasteiger partial charge in [0, 0.05) is 26.2 Å². The highest BCUT2D eigenvalue weighted by atomic mass is 16.2. The molecule has 0 spiro atoms. The van der Waals surface area contributed by atoms with Crippen molar-refractivity contribution in [3.8, 4) is 0 Å². The molecule has 0 aromatic heterocycles. The Hall–Kier alpha value is -1.88. The molecule has 1 atom stereocenters. The van der Waals surface area contributed by atoms with Crippen molar-refractivity contribution < 1.29 is 9.59 Å². The van der Waals surface area contributed by atoms with E-state index in [-0.39, 0.29) is 6.04 Å². The Bertz CT molecular complexity index is 516. The molecule has 5 heteroatoms. The van der Waals surface area contributed by atoms with Crippen molar-refractivity contribution >= 4 is 11.8 Å². The number of rotatable bonds is 4. The molecule has 0 radical (unpaired) electrons. The van der Waals surface area contributed by atoms with Crippen LogP contribution in [-0.4, -0.2) is 47.8 Å². The maximum atomic E-state index is 12.3. The first kappa shape index (κ1) is 14.5. The molecule has 0 aliphatic carbocycles. The molecule has 2 amide bonds. The van der Waals surface area contributed by atoms with Crippen LogP contribution in [0.5, 0.6) is 0 Å². The van der Waals surface area contributed by atoms with E-state index in [2.05, 4.69) is 0 Å². The summed E-state index contributed by atoms with van der Waals surface area (Å²) in [6.45, 7) is 5.86. The normalized spacial score (nSPS) is 17.6. The number of carbonyl (C=O) groups excluding carboxylic acids is 2. The fourth-order valence-electron chi connectivity index (χ4n) is 2.67. The summed E-state index contributed by atoms with van der Waals surface area (Å²) in [5.41, 5.74) is 7.96. The fraction of sp³-hybridized carbons (Fsp3) is 0.467. The maximum Gasteiger partial charge on any atom is 0.312 e. The van der Waals surface area contributed by atoms with E-state index in [9.17, 15) is 9.59 Å². The Morgan fingerprint density at radius 1 is 1.20 bits per heavy atom. The predicted molar refractivity (Wildman–Crippen MR) is 76.9 cm³/mol. The van der Waals surface area contributed by atoms with Gasteiger partial charge in [-0.05, 0) is 25.0 Å². The minimum Gasteiger partial charge on any atom is -0.333 e. The monoisotopic (exact) mass is 275 g/mol. The first-order valence-electron chi connectivity index (χ1n) is 6.95. The van der Waals surface area contributed by atoms with E-state index >= 15 is 0 Å². The average Bonchev–Trinajstić information content (AvgIpc) is 2.46. The van der Waals surface area contributed by atoms with Crippen molar-refractivity contribution in [1.82, 2.24) is 9.80 Å². The minimum atomic E-state index is -0.447. The molecule has 2 rings (SSSR count). The summed E-state index contributed by atoms with van der Waals surface area (Å²) < 4.78 is 0. The average molecular weight is 275 g/mol. The lowest BCUT2D eigenvalue weighted by atomic mass is 9.99. The van der Waals surface area contributed by atoms with Gasteiger partial charge in [-0.1, -0.05) is 24.3 Å². The van der Waals surface area contributed by atoms with Crippen LogP contribution in [0.1, 0.15) is 24.1 Å². The van der Waals surface area contributed by atoms with Crippen LogP contribution in [0.4, 0.5) is 0 Å². The third-order valence-corrected chi connectivity index (χ3v) is 3.87. The Morgan fingerprint density at radius 2 is 1.90 bits per heavy atom. The van der Waals surface area contributed by atoms with E-state index in [1.54, 1.807) is 9.80 Å². The Kier molecular flexibility index (Phi) is 4.39. The SMILES string of the molecule is CCN1CCN(C(CN)c2ccccc2C)C(=O)C1=O. The van der Waals surface area contributed by atoms with E-state index in [1.807, 2.05) is 38.1 Å². The zero-order valence-electron chi connectivity index (χ0n) is 12.0. The van der Waals surface area contributed by atoms with Crippen molar-refractivity contribution in [2.75, 3.05) is 26.2 Å². The summed E-state index contributed by atoms with van der Waals surface area (Å²) in [4.78, 5) is 27.4. The zero-order valence-corrected chi connectivity index (χ0v) is 12.0. The second-order valence-electron chi connectivity index (χ2n) is 4.99. The van der Waals surface area contributed by atoms with Crippen LogP contribution in [0.2, 0.25) is 0 Å². The van der Waals surface area contributed by atoms with Crippen LogP contribution in [0.3, 0.4) is 0 Å². The van der Waals surface area contributed by atoms with Gasteiger partial charge in [0.15, 0.2) is 0 Å². The third-order valence-electron chi connectivity index (χ3n) is 3.87. The third kappa shape index (κ3) is 2.54. The zero-order chi connectivity index (χ0) is 14.7. The van der Waals surface area contributed by atoms with Gasteiger partial charge in [0.2, 0.25) is 0 Å². The topological polar surface area (TPSA) is 66.6 Å². The molecule has 1 unspecified atom stereocenters. The number of piperazine rings is 1. The summed E-state index contributed by atoms with van der Waals surface area (Å²) in [6, 6.07) is 7.61. The van der Waals surface area contributed by atoms with Crippen molar-refractivity contribution in [1.29, 1.82) is 0 Å². The highest BCUT2D eigenvalue weighted by Gasteiger charge is 2.36. The Labute approximate surface area is 119 Å². The van der Waals surface area contributed by atoms with Crippen LogP contribution < -0.4 is 5.73 Å². The molecule has 0 bridgehead atoms. The quantitative estimate of drug-likeness (QED) is 0.822. The van der Waals surface area contributed by atoms with E-state index in [0.717, 1.165) is 11.1 Å². The lowest BCUT2D eigenvalue weighted by Crippen LogP contribution is -2.56. The van der Waals surface area contributed by atoms with Gasteiger partial charge in [-0.2, -0.15) is 0 Å². The summed E-state index contributed by atoms with van der Waals surface area (Å²) in [7, 11) is 0. The molecule has 1 aliphatic rings. The van der Waals surface area contributed by atoms with Crippen molar-refractivity contribution in [2.24, 2.45) is 5.73 Å². The molecule has 1 saturated heterocycles. The molecule has 1 fully saturated rings. The molecule has 5 nitrogen and oxygen atoms in total. The molecule has 2 N–H and O–H groups in total. The van der Waals surface area contributed by atoms with Crippen LogP contribution >= 0.6 is 0 Å². The van der Waals surface area contributed by atoms with Crippen LogP contribution in [0, 0.1) is 6.92 Å². The van der Waals surface area contributed by atoms with Gasteiger partial charge in [0.25, 0.3) is 0 Å². The van der Waals surface area contributed by atoms with Gasteiger partial charge in [-0.25, -0.2) is 0 Å². The predicted octanol–water partition coefficient (Wildman–Crippen LogP) is 0.686. The van der Waals surface area contributed by atoms with E-state index in [1.165, 1.54) is 0 Å². The molecular weight excluding hydrogens is 254 g/mol. The first-order valence-corrected chi connectivity index (χ1v) is 6.95. The van der Waals surface area contributed by atoms with Gasteiger partial charge in [-0.15, -0.1) is 0 Å². The van der Waals surface area contributed by atoms with Crippen molar-refractivity contribution in [3.63, 3.8) is 0 Å². The van der Waals surface area contributed by atoms with Crippen LogP contribution in [0.25, 0.3) is 0 Å². The van der Waals surface area contributed by atoms with Crippen molar-refractivity contribution in [2.45, 2.75) is 19.9 Å². The lowest BCUT2D eigenvalue weighted by molar-refractivity contribution is -0.157. The molecule has 0 saturated carbocycles. The molecule has 20 heavy (non-hydrogen) atoms. The van der Waals surface area contributed by atoms with Gasteiger partial charge >= 0.3 is 11.8 Å². The van der Waals surface area contributed by atoms with Gasteiger partial charge in [0.05, 0.1) is 6.04 Å². The lowest BCUT2D eigenvalue weighted by Gasteiger charge is -2.38. The molecular formula is C15H21N3O2. The molecule has 1 aliphatic heterocycles. The van der Waals surface area contributed by atoms with E-state index in [0.29, 0.717) is 26.2 Å². The largest absolute Gasteiger partial charge is 0.333 e. The van der Waals surface area contributed by atoms with Gasteiger partial charge < -0.3 is 15.5 Å². The highest BCUT2D eigenvalue weighted by molar-refractivity contribution is 6.35. The number of carbonyl (C=O) groups is 2. The number of nitrogens with zero attached hydrogens (tertiary/aromatic N) is 2. The molecule has 1 aromatic rings. The summed E-state index contributed by atoms with van der Waals surface area (Å²) in [5.74, 6) is -0.873. The van der Waals surface area contributed by atoms with E-state index < -0.39 is 11.8 Å². The van der Waals surface area contributed by atoms with Crippen LogP contribution in [0.15, 0.2) is 24.3 Å².